The largest absolute Gasteiger partial charge is 0.340 e. The summed E-state index contributed by atoms with van der Waals surface area (Å²) in [7, 11) is 1.94. The molecule has 1 aromatic heterocycles. The molecule has 1 heterocycles. The van der Waals surface area contributed by atoms with Crippen molar-refractivity contribution in [3.8, 4) is 6.07 Å². The second-order valence-corrected chi connectivity index (χ2v) is 5.17. The zero-order valence-corrected chi connectivity index (χ0v) is 11.7. The van der Waals surface area contributed by atoms with Gasteiger partial charge in [-0.05, 0) is 49.9 Å². The molecule has 4 heteroatoms. The zero-order valence-electron chi connectivity index (χ0n) is 10.9. The van der Waals surface area contributed by atoms with Gasteiger partial charge >= 0.3 is 0 Å². The SMILES string of the molecule is CSCCCCNCc1cc(C#N)n(C)c1C. The highest BCUT2D eigenvalue weighted by atomic mass is 32.2. The smallest absolute Gasteiger partial charge is 0.120 e. The fourth-order valence-electron chi connectivity index (χ4n) is 1.77. The maximum atomic E-state index is 8.93. The summed E-state index contributed by atoms with van der Waals surface area (Å²) in [6.07, 6.45) is 4.63. The third-order valence-electron chi connectivity index (χ3n) is 3.02. The predicted molar refractivity (Wildman–Crippen MR) is 74.2 cm³/mol. The lowest BCUT2D eigenvalue weighted by Crippen LogP contribution is -2.15. The van der Waals surface area contributed by atoms with Gasteiger partial charge in [-0.15, -0.1) is 0 Å². The average molecular weight is 251 g/mol. The number of nitriles is 1. The first-order chi connectivity index (χ1) is 8.20. The van der Waals surface area contributed by atoms with E-state index in [1.54, 1.807) is 0 Å². The van der Waals surface area contributed by atoms with Crippen LogP contribution in [0.2, 0.25) is 0 Å². The van der Waals surface area contributed by atoms with Crippen molar-refractivity contribution in [3.05, 3.63) is 23.0 Å². The second-order valence-electron chi connectivity index (χ2n) is 4.19. The van der Waals surface area contributed by atoms with Gasteiger partial charge in [-0.3, -0.25) is 0 Å². The Hall–Kier alpha value is -0.920. The molecule has 0 spiro atoms. The van der Waals surface area contributed by atoms with E-state index in [1.807, 2.05) is 29.4 Å². The molecule has 0 aliphatic rings. The second kappa shape index (κ2) is 7.41. The minimum absolute atomic E-state index is 0.738. The highest BCUT2D eigenvalue weighted by molar-refractivity contribution is 7.98. The molecule has 0 radical (unpaired) electrons. The number of rotatable bonds is 7. The molecule has 94 valence electrons. The zero-order chi connectivity index (χ0) is 12.7. The fourth-order valence-corrected chi connectivity index (χ4v) is 2.26. The molecule has 0 unspecified atom stereocenters. The van der Waals surface area contributed by atoms with Gasteiger partial charge in [-0.1, -0.05) is 0 Å². The Morgan fingerprint density at radius 3 is 2.82 bits per heavy atom. The van der Waals surface area contributed by atoms with Gasteiger partial charge in [0.25, 0.3) is 0 Å². The Balaban J connectivity index is 2.35. The van der Waals surface area contributed by atoms with Crippen molar-refractivity contribution in [2.45, 2.75) is 26.3 Å². The summed E-state index contributed by atoms with van der Waals surface area (Å²) in [5.74, 6) is 1.24. The molecular weight excluding hydrogens is 230 g/mol. The molecule has 0 atom stereocenters. The highest BCUT2D eigenvalue weighted by Crippen LogP contribution is 2.12. The van der Waals surface area contributed by atoms with Crippen molar-refractivity contribution in [2.24, 2.45) is 7.05 Å². The Morgan fingerprint density at radius 1 is 1.47 bits per heavy atom. The van der Waals surface area contributed by atoms with E-state index < -0.39 is 0 Å². The molecule has 0 aromatic carbocycles. The Kier molecular flexibility index (Phi) is 6.17. The van der Waals surface area contributed by atoms with Crippen LogP contribution in [0, 0.1) is 18.3 Å². The molecule has 17 heavy (non-hydrogen) atoms. The van der Waals surface area contributed by atoms with E-state index in [2.05, 4.69) is 24.6 Å². The number of thioether (sulfide) groups is 1. The molecule has 3 nitrogen and oxygen atoms in total. The van der Waals surface area contributed by atoms with E-state index in [9.17, 15) is 0 Å². The van der Waals surface area contributed by atoms with Crippen LogP contribution in [0.15, 0.2) is 6.07 Å². The summed E-state index contributed by atoms with van der Waals surface area (Å²) in [6, 6.07) is 4.18. The van der Waals surface area contributed by atoms with E-state index in [0.717, 1.165) is 18.8 Å². The fraction of sp³-hybridized carbons (Fsp3) is 0.615. The molecular formula is C13H21N3S. The maximum Gasteiger partial charge on any atom is 0.120 e. The van der Waals surface area contributed by atoms with Gasteiger partial charge in [0.15, 0.2) is 0 Å². The Labute approximate surface area is 108 Å². The third kappa shape index (κ3) is 4.10. The van der Waals surface area contributed by atoms with Crippen LogP contribution in [-0.2, 0) is 13.6 Å². The molecule has 0 aliphatic heterocycles. The average Bonchev–Trinajstić information content (AvgIpc) is 2.61. The molecule has 0 fully saturated rings. The summed E-state index contributed by atoms with van der Waals surface area (Å²) in [4.78, 5) is 0. The molecule has 1 N–H and O–H groups in total. The monoisotopic (exact) mass is 251 g/mol. The van der Waals surface area contributed by atoms with Crippen LogP contribution < -0.4 is 5.32 Å². The number of nitrogens with zero attached hydrogens (tertiary/aromatic N) is 2. The van der Waals surface area contributed by atoms with Gasteiger partial charge in [0.05, 0.1) is 0 Å². The molecule has 0 amide bonds. The van der Waals surface area contributed by atoms with Crippen molar-refractivity contribution < 1.29 is 0 Å². The molecule has 0 aliphatic carbocycles. The van der Waals surface area contributed by atoms with Gasteiger partial charge in [0, 0.05) is 19.3 Å². The van der Waals surface area contributed by atoms with Gasteiger partial charge in [0.2, 0.25) is 0 Å². The molecule has 0 saturated heterocycles. The van der Waals surface area contributed by atoms with Crippen molar-refractivity contribution in [3.63, 3.8) is 0 Å². The van der Waals surface area contributed by atoms with Crippen LogP contribution in [0.3, 0.4) is 0 Å². The van der Waals surface area contributed by atoms with Crippen molar-refractivity contribution in [2.75, 3.05) is 18.6 Å². The van der Waals surface area contributed by atoms with Crippen LogP contribution in [0.25, 0.3) is 0 Å². The quantitative estimate of drug-likeness (QED) is 0.757. The lowest BCUT2D eigenvalue weighted by atomic mass is 10.2. The van der Waals surface area contributed by atoms with Crippen molar-refractivity contribution in [1.29, 1.82) is 5.26 Å². The van der Waals surface area contributed by atoms with Crippen molar-refractivity contribution >= 4 is 11.8 Å². The van der Waals surface area contributed by atoms with Gasteiger partial charge < -0.3 is 9.88 Å². The summed E-state index contributed by atoms with van der Waals surface area (Å²) in [5, 5.41) is 12.4. The van der Waals surface area contributed by atoms with Crippen molar-refractivity contribution in [1.82, 2.24) is 9.88 Å². The summed E-state index contributed by atoms with van der Waals surface area (Å²) >= 11 is 1.90. The number of nitrogens with one attached hydrogen (secondary N) is 1. The van der Waals surface area contributed by atoms with Crippen LogP contribution in [0.4, 0.5) is 0 Å². The molecule has 1 aromatic rings. The van der Waals surface area contributed by atoms with Gasteiger partial charge in [0.1, 0.15) is 11.8 Å². The van der Waals surface area contributed by atoms with Gasteiger partial charge in [-0.2, -0.15) is 17.0 Å². The van der Waals surface area contributed by atoms with E-state index in [-0.39, 0.29) is 0 Å². The van der Waals surface area contributed by atoms with E-state index in [4.69, 9.17) is 5.26 Å². The molecule has 0 bridgehead atoms. The van der Waals surface area contributed by atoms with Crippen LogP contribution in [0.5, 0.6) is 0 Å². The van der Waals surface area contributed by atoms with Crippen LogP contribution in [0.1, 0.15) is 29.8 Å². The van der Waals surface area contributed by atoms with Crippen LogP contribution in [-0.4, -0.2) is 23.1 Å². The topological polar surface area (TPSA) is 40.8 Å². The minimum Gasteiger partial charge on any atom is -0.340 e. The first-order valence-corrected chi connectivity index (χ1v) is 7.35. The summed E-state index contributed by atoms with van der Waals surface area (Å²) in [6.45, 7) is 3.98. The predicted octanol–water partition coefficient (Wildman–Crippen LogP) is 2.44. The molecule has 0 saturated carbocycles. The first kappa shape index (κ1) is 14.1. The lowest BCUT2D eigenvalue weighted by molar-refractivity contribution is 0.641. The third-order valence-corrected chi connectivity index (χ3v) is 3.72. The standard InChI is InChI=1S/C13H21N3S/c1-11-12(8-13(9-14)16(11)2)10-15-6-4-5-7-17-3/h8,15H,4-7,10H2,1-3H3. The van der Waals surface area contributed by atoms with Gasteiger partial charge in [-0.25, -0.2) is 0 Å². The highest BCUT2D eigenvalue weighted by Gasteiger charge is 2.07. The van der Waals surface area contributed by atoms with E-state index in [1.165, 1.54) is 29.9 Å². The Bertz CT molecular complexity index is 390. The number of hydrogen-bond donors (Lipinski definition) is 1. The normalized spacial score (nSPS) is 10.5. The Morgan fingerprint density at radius 2 is 2.24 bits per heavy atom. The molecule has 1 rings (SSSR count). The lowest BCUT2D eigenvalue weighted by Gasteiger charge is -2.05. The number of hydrogen-bond acceptors (Lipinski definition) is 3. The number of unbranched alkanes of at least 4 members (excludes halogenated alkanes) is 1. The van der Waals surface area contributed by atoms with E-state index >= 15 is 0 Å². The van der Waals surface area contributed by atoms with E-state index in [0.29, 0.717) is 0 Å². The maximum absolute atomic E-state index is 8.93. The summed E-state index contributed by atoms with van der Waals surface area (Å²) < 4.78 is 1.95. The summed E-state index contributed by atoms with van der Waals surface area (Å²) in [5.41, 5.74) is 3.15. The van der Waals surface area contributed by atoms with Crippen LogP contribution >= 0.6 is 11.8 Å². The number of aromatic nitrogens is 1. The minimum atomic E-state index is 0.738. The first-order valence-electron chi connectivity index (χ1n) is 5.95.